The molecule has 0 aromatic heterocycles. The second kappa shape index (κ2) is 4.63. The maximum Gasteiger partial charge on any atom is 0.165 e. The monoisotopic (exact) mass is 240 g/mol. The van der Waals surface area contributed by atoms with Crippen molar-refractivity contribution in [2.24, 2.45) is 0 Å². The van der Waals surface area contributed by atoms with E-state index < -0.39 is 11.4 Å². The lowest BCUT2D eigenvalue weighted by Crippen LogP contribution is -2.37. The van der Waals surface area contributed by atoms with Crippen molar-refractivity contribution >= 4 is 0 Å². The van der Waals surface area contributed by atoms with Crippen LogP contribution in [0.15, 0.2) is 18.2 Å². The van der Waals surface area contributed by atoms with Gasteiger partial charge in [0.05, 0.1) is 25.4 Å². The number of halogens is 1. The second-order valence-electron chi connectivity index (χ2n) is 4.52. The second-order valence-corrected chi connectivity index (χ2v) is 4.52. The normalized spacial score (nSPS) is 29.1. The fourth-order valence-electron chi connectivity index (χ4n) is 2.28. The number of benzene rings is 1. The Balaban J connectivity index is 2.29. The molecule has 1 aromatic rings. The summed E-state index contributed by atoms with van der Waals surface area (Å²) < 4.78 is 23.9. The zero-order valence-electron chi connectivity index (χ0n) is 10.1. The highest BCUT2D eigenvalue weighted by Gasteiger charge is 2.35. The average molecular weight is 240 g/mol. The van der Waals surface area contributed by atoms with Gasteiger partial charge >= 0.3 is 0 Å². The molecular weight excluding hydrogens is 223 g/mol. The molecule has 3 nitrogen and oxygen atoms in total. The summed E-state index contributed by atoms with van der Waals surface area (Å²) in [5.41, 5.74) is -0.406. The molecule has 1 heterocycles. The SMILES string of the molecule is COc1ccc(C2(O)CCOC(C)C2)cc1F. The third-order valence-corrected chi connectivity index (χ3v) is 3.23. The summed E-state index contributed by atoms with van der Waals surface area (Å²) in [6.45, 7) is 2.40. The van der Waals surface area contributed by atoms with Crippen LogP contribution in [-0.2, 0) is 10.3 Å². The van der Waals surface area contributed by atoms with Gasteiger partial charge in [0.15, 0.2) is 11.6 Å². The van der Waals surface area contributed by atoms with Gasteiger partial charge in [0, 0.05) is 12.8 Å². The van der Waals surface area contributed by atoms with Crippen LogP contribution < -0.4 is 4.74 Å². The van der Waals surface area contributed by atoms with E-state index in [2.05, 4.69) is 0 Å². The first-order valence-corrected chi connectivity index (χ1v) is 5.73. The third kappa shape index (κ3) is 2.42. The number of hydrogen-bond donors (Lipinski definition) is 1. The first-order chi connectivity index (χ1) is 8.05. The standard InChI is InChI=1S/C13H17FO3/c1-9-8-13(15,5-6-17-9)10-3-4-12(16-2)11(14)7-10/h3-4,7,9,15H,5-6,8H2,1-2H3. The van der Waals surface area contributed by atoms with Crippen molar-refractivity contribution in [1.29, 1.82) is 0 Å². The summed E-state index contributed by atoms with van der Waals surface area (Å²) in [5, 5.41) is 10.5. The Morgan fingerprint density at radius 1 is 1.53 bits per heavy atom. The molecule has 17 heavy (non-hydrogen) atoms. The van der Waals surface area contributed by atoms with E-state index in [1.807, 2.05) is 6.92 Å². The molecule has 1 saturated heterocycles. The third-order valence-electron chi connectivity index (χ3n) is 3.23. The van der Waals surface area contributed by atoms with Crippen LogP contribution in [0.4, 0.5) is 4.39 Å². The smallest absolute Gasteiger partial charge is 0.165 e. The zero-order valence-corrected chi connectivity index (χ0v) is 10.1. The van der Waals surface area contributed by atoms with Gasteiger partial charge in [-0.05, 0) is 24.6 Å². The van der Waals surface area contributed by atoms with E-state index in [0.717, 1.165) is 0 Å². The first-order valence-electron chi connectivity index (χ1n) is 5.73. The van der Waals surface area contributed by atoms with E-state index >= 15 is 0 Å². The quantitative estimate of drug-likeness (QED) is 0.861. The van der Waals surface area contributed by atoms with E-state index in [1.54, 1.807) is 12.1 Å². The van der Waals surface area contributed by atoms with Gasteiger partial charge < -0.3 is 14.6 Å². The zero-order chi connectivity index (χ0) is 12.5. The Bertz CT molecular complexity index is 408. The van der Waals surface area contributed by atoms with Gasteiger partial charge in [-0.15, -0.1) is 0 Å². The highest BCUT2D eigenvalue weighted by molar-refractivity contribution is 5.32. The van der Waals surface area contributed by atoms with Crippen molar-refractivity contribution in [3.8, 4) is 5.75 Å². The Kier molecular flexibility index (Phi) is 3.35. The number of rotatable bonds is 2. The summed E-state index contributed by atoms with van der Waals surface area (Å²) in [4.78, 5) is 0. The fraction of sp³-hybridized carbons (Fsp3) is 0.538. The van der Waals surface area contributed by atoms with Crippen molar-refractivity contribution in [2.45, 2.75) is 31.5 Å². The number of ether oxygens (including phenoxy) is 2. The lowest BCUT2D eigenvalue weighted by Gasteiger charge is -2.36. The van der Waals surface area contributed by atoms with Gasteiger partial charge in [-0.1, -0.05) is 6.07 Å². The molecule has 0 spiro atoms. The van der Waals surface area contributed by atoms with Crippen molar-refractivity contribution in [3.63, 3.8) is 0 Å². The van der Waals surface area contributed by atoms with Crippen LogP contribution in [0.25, 0.3) is 0 Å². The van der Waals surface area contributed by atoms with Crippen LogP contribution in [0.5, 0.6) is 5.75 Å². The molecule has 0 aliphatic carbocycles. The van der Waals surface area contributed by atoms with Crippen molar-refractivity contribution in [3.05, 3.63) is 29.6 Å². The molecule has 0 bridgehead atoms. The molecule has 94 valence electrons. The highest BCUT2D eigenvalue weighted by atomic mass is 19.1. The van der Waals surface area contributed by atoms with Gasteiger partial charge in [0.2, 0.25) is 0 Å². The van der Waals surface area contributed by atoms with Gasteiger partial charge in [-0.25, -0.2) is 4.39 Å². The molecule has 0 amide bonds. The molecular formula is C13H17FO3. The van der Waals surface area contributed by atoms with Crippen molar-refractivity contribution in [1.82, 2.24) is 0 Å². The maximum atomic E-state index is 13.6. The Hall–Kier alpha value is -1.13. The average Bonchev–Trinajstić information content (AvgIpc) is 2.28. The minimum Gasteiger partial charge on any atom is -0.494 e. The summed E-state index contributed by atoms with van der Waals surface area (Å²) >= 11 is 0. The van der Waals surface area contributed by atoms with Gasteiger partial charge in [0.1, 0.15) is 0 Å². The molecule has 1 N–H and O–H groups in total. The maximum absolute atomic E-state index is 13.6. The molecule has 1 aliphatic heterocycles. The Morgan fingerprint density at radius 3 is 2.88 bits per heavy atom. The summed E-state index contributed by atoms with van der Waals surface area (Å²) in [6, 6.07) is 4.60. The van der Waals surface area contributed by atoms with Gasteiger partial charge in [-0.2, -0.15) is 0 Å². The van der Waals surface area contributed by atoms with E-state index in [9.17, 15) is 9.50 Å². The number of hydrogen-bond acceptors (Lipinski definition) is 3. The van der Waals surface area contributed by atoms with E-state index in [4.69, 9.17) is 9.47 Å². The van der Waals surface area contributed by atoms with Gasteiger partial charge in [-0.3, -0.25) is 0 Å². The highest BCUT2D eigenvalue weighted by Crippen LogP contribution is 2.36. The van der Waals surface area contributed by atoms with Crippen LogP contribution in [0.1, 0.15) is 25.3 Å². The molecule has 0 radical (unpaired) electrons. The summed E-state index contributed by atoms with van der Waals surface area (Å²) in [6.07, 6.45) is 0.959. The molecule has 0 saturated carbocycles. The Morgan fingerprint density at radius 2 is 2.29 bits per heavy atom. The molecule has 1 fully saturated rings. The van der Waals surface area contributed by atoms with Crippen LogP contribution in [-0.4, -0.2) is 24.9 Å². The summed E-state index contributed by atoms with van der Waals surface area (Å²) in [7, 11) is 1.42. The first kappa shape index (κ1) is 12.3. The molecule has 2 unspecified atom stereocenters. The minimum absolute atomic E-state index is 0.0149. The van der Waals surface area contributed by atoms with Crippen LogP contribution in [0.2, 0.25) is 0 Å². The molecule has 2 atom stereocenters. The van der Waals surface area contributed by atoms with Crippen LogP contribution in [0, 0.1) is 5.82 Å². The van der Waals surface area contributed by atoms with Crippen molar-refractivity contribution in [2.75, 3.05) is 13.7 Å². The largest absolute Gasteiger partial charge is 0.494 e. The topological polar surface area (TPSA) is 38.7 Å². The molecule has 1 aromatic carbocycles. The van der Waals surface area contributed by atoms with E-state index in [-0.39, 0.29) is 11.9 Å². The van der Waals surface area contributed by atoms with E-state index in [1.165, 1.54) is 13.2 Å². The van der Waals surface area contributed by atoms with Gasteiger partial charge in [0.25, 0.3) is 0 Å². The lowest BCUT2D eigenvalue weighted by molar-refractivity contribution is -0.101. The molecule has 2 rings (SSSR count). The minimum atomic E-state index is -0.995. The fourth-order valence-corrected chi connectivity index (χ4v) is 2.28. The molecule has 4 heteroatoms. The predicted molar refractivity (Wildman–Crippen MR) is 61.5 cm³/mol. The van der Waals surface area contributed by atoms with Crippen LogP contribution >= 0.6 is 0 Å². The predicted octanol–water partition coefficient (Wildman–Crippen LogP) is 2.22. The number of methoxy groups -OCH3 is 1. The van der Waals surface area contributed by atoms with E-state index in [0.29, 0.717) is 25.0 Å². The van der Waals surface area contributed by atoms with Crippen LogP contribution in [0.3, 0.4) is 0 Å². The summed E-state index contributed by atoms with van der Waals surface area (Å²) in [5.74, 6) is -0.255. The number of aliphatic hydroxyl groups is 1. The van der Waals surface area contributed by atoms with Crippen molar-refractivity contribution < 1.29 is 19.0 Å². The lowest BCUT2D eigenvalue weighted by atomic mass is 9.84. The Labute approximate surface area is 100 Å². The molecule has 1 aliphatic rings.